The molecule has 0 saturated heterocycles. The number of aliphatic hydroxyl groups excluding tert-OH is 4. The van der Waals surface area contributed by atoms with Crippen molar-refractivity contribution in [2.75, 3.05) is 13.2 Å². The largest absolute Gasteiger partial charge is 0.396 e. The predicted molar refractivity (Wildman–Crippen MR) is 46.7 cm³/mol. The summed E-state index contributed by atoms with van der Waals surface area (Å²) < 4.78 is 0. The summed E-state index contributed by atoms with van der Waals surface area (Å²) >= 11 is 0. The Morgan fingerprint density at radius 1 is 0.833 bits per heavy atom. The highest BCUT2D eigenvalue weighted by atomic mass is 16.3. The Labute approximate surface area is 73.5 Å². The minimum Gasteiger partial charge on any atom is -0.396 e. The van der Waals surface area contributed by atoms with Gasteiger partial charge in [0.2, 0.25) is 0 Å². The molecule has 0 spiro atoms. The molecule has 0 aliphatic carbocycles. The Bertz CT molecular complexity index is 73.1. The summed E-state index contributed by atoms with van der Waals surface area (Å²) in [5, 5.41) is 33.1. The molecule has 4 heteroatoms. The first-order valence-corrected chi connectivity index (χ1v) is 4.03. The monoisotopic (exact) mass is 180 g/mol. The van der Waals surface area contributed by atoms with Gasteiger partial charge in [-0.3, -0.25) is 0 Å². The fourth-order valence-corrected chi connectivity index (χ4v) is 0.0577. The summed E-state index contributed by atoms with van der Waals surface area (Å²) in [6.45, 7) is 5.03. The predicted octanol–water partition coefficient (Wildman–Crippen LogP) is -0.645. The fraction of sp³-hybridized carbons (Fsp3) is 1.00. The smallest absolute Gasteiger partial charge is 0.0768 e. The molecule has 0 heterocycles. The molecule has 12 heavy (non-hydrogen) atoms. The quantitative estimate of drug-likeness (QED) is 0.465. The van der Waals surface area contributed by atoms with Crippen molar-refractivity contribution >= 4 is 0 Å². The molecule has 0 aromatic rings. The number of aliphatic hydroxyl groups is 4. The van der Waals surface area contributed by atoms with Crippen LogP contribution in [0.15, 0.2) is 0 Å². The zero-order chi connectivity index (χ0) is 10.1. The van der Waals surface area contributed by atoms with Gasteiger partial charge in [0, 0.05) is 19.1 Å². The van der Waals surface area contributed by atoms with Gasteiger partial charge in [-0.1, -0.05) is 6.92 Å². The number of rotatable bonds is 3. The second kappa shape index (κ2) is 8.93. The number of hydrogen-bond donors (Lipinski definition) is 4. The third-order valence-electron chi connectivity index (χ3n) is 1.32. The third-order valence-corrected chi connectivity index (χ3v) is 1.32. The van der Waals surface area contributed by atoms with Crippen LogP contribution in [0.5, 0.6) is 0 Å². The van der Waals surface area contributed by atoms with Gasteiger partial charge in [0.1, 0.15) is 0 Å². The van der Waals surface area contributed by atoms with Crippen molar-refractivity contribution in [3.8, 4) is 0 Å². The van der Waals surface area contributed by atoms with Crippen LogP contribution in [-0.2, 0) is 0 Å². The molecule has 0 aliphatic rings. The van der Waals surface area contributed by atoms with E-state index in [2.05, 4.69) is 0 Å². The lowest BCUT2D eigenvalue weighted by atomic mass is 10.2. The van der Waals surface area contributed by atoms with Crippen LogP contribution in [0.3, 0.4) is 0 Å². The topological polar surface area (TPSA) is 80.9 Å². The molecule has 0 aromatic heterocycles. The van der Waals surface area contributed by atoms with Crippen LogP contribution in [0.1, 0.15) is 20.8 Å². The second-order valence-corrected chi connectivity index (χ2v) is 2.95. The SMILES string of the molecule is CC(CO)CO.CC(O)C(C)O. The van der Waals surface area contributed by atoms with E-state index in [1.807, 2.05) is 0 Å². The van der Waals surface area contributed by atoms with Gasteiger partial charge in [0.25, 0.3) is 0 Å². The average Bonchev–Trinajstić information content (AvgIpc) is 2.04. The summed E-state index contributed by atoms with van der Waals surface area (Å²) in [4.78, 5) is 0. The van der Waals surface area contributed by atoms with E-state index in [4.69, 9.17) is 20.4 Å². The van der Waals surface area contributed by atoms with Crippen molar-refractivity contribution in [2.24, 2.45) is 5.92 Å². The normalized spacial score (nSPS) is 15.0. The second-order valence-electron chi connectivity index (χ2n) is 2.95. The first-order chi connectivity index (χ1) is 5.45. The van der Waals surface area contributed by atoms with E-state index < -0.39 is 12.2 Å². The van der Waals surface area contributed by atoms with Gasteiger partial charge in [-0.15, -0.1) is 0 Å². The maximum absolute atomic E-state index is 8.38. The molecule has 4 nitrogen and oxygen atoms in total. The van der Waals surface area contributed by atoms with Gasteiger partial charge in [0.05, 0.1) is 12.2 Å². The molecule has 0 amide bonds. The molecule has 0 radical (unpaired) electrons. The first kappa shape index (κ1) is 14.4. The summed E-state index contributed by atoms with van der Waals surface area (Å²) in [6, 6.07) is 0. The minimum atomic E-state index is -0.593. The van der Waals surface area contributed by atoms with E-state index >= 15 is 0 Å². The molecule has 4 N–H and O–H groups in total. The standard InChI is InChI=1S/2C4H10O2/c1-4(2-5)3-6;1-3(5)4(2)6/h4-6H,2-3H2,1H3;3-6H,1-2H3. The summed E-state index contributed by atoms with van der Waals surface area (Å²) in [5.41, 5.74) is 0. The average molecular weight is 180 g/mol. The van der Waals surface area contributed by atoms with E-state index in [0.29, 0.717) is 0 Å². The third kappa shape index (κ3) is 12.5. The first-order valence-electron chi connectivity index (χ1n) is 4.03. The maximum Gasteiger partial charge on any atom is 0.0768 e. The van der Waals surface area contributed by atoms with Crippen LogP contribution >= 0.6 is 0 Å². The van der Waals surface area contributed by atoms with Crippen molar-refractivity contribution in [1.82, 2.24) is 0 Å². The highest BCUT2D eigenvalue weighted by molar-refractivity contribution is 4.50. The van der Waals surface area contributed by atoms with Crippen molar-refractivity contribution in [2.45, 2.75) is 33.0 Å². The molecular weight excluding hydrogens is 160 g/mol. The van der Waals surface area contributed by atoms with E-state index in [9.17, 15) is 0 Å². The lowest BCUT2D eigenvalue weighted by molar-refractivity contribution is 0.0438. The van der Waals surface area contributed by atoms with Gasteiger partial charge >= 0.3 is 0 Å². The number of hydrogen-bond acceptors (Lipinski definition) is 4. The van der Waals surface area contributed by atoms with Crippen molar-refractivity contribution in [3.05, 3.63) is 0 Å². The lowest BCUT2D eigenvalue weighted by Gasteiger charge is -2.03. The molecule has 0 rings (SSSR count). The van der Waals surface area contributed by atoms with Crippen LogP contribution in [0.2, 0.25) is 0 Å². The molecule has 2 atom stereocenters. The molecule has 0 saturated carbocycles. The van der Waals surface area contributed by atoms with E-state index in [-0.39, 0.29) is 19.1 Å². The zero-order valence-corrected chi connectivity index (χ0v) is 7.94. The Balaban J connectivity index is 0. The van der Waals surface area contributed by atoms with E-state index in [0.717, 1.165) is 0 Å². The van der Waals surface area contributed by atoms with Crippen LogP contribution in [0.4, 0.5) is 0 Å². The molecule has 0 aliphatic heterocycles. The van der Waals surface area contributed by atoms with E-state index in [1.165, 1.54) is 0 Å². The van der Waals surface area contributed by atoms with Crippen molar-refractivity contribution < 1.29 is 20.4 Å². The van der Waals surface area contributed by atoms with Crippen LogP contribution in [0.25, 0.3) is 0 Å². The Morgan fingerprint density at radius 3 is 1.08 bits per heavy atom. The molecule has 0 fully saturated rings. The van der Waals surface area contributed by atoms with Crippen LogP contribution < -0.4 is 0 Å². The van der Waals surface area contributed by atoms with Gasteiger partial charge in [-0.2, -0.15) is 0 Å². The maximum atomic E-state index is 8.38. The molecule has 2 unspecified atom stereocenters. The summed E-state index contributed by atoms with van der Waals surface area (Å²) in [6.07, 6.45) is -1.19. The van der Waals surface area contributed by atoms with Gasteiger partial charge < -0.3 is 20.4 Å². The van der Waals surface area contributed by atoms with E-state index in [1.54, 1.807) is 20.8 Å². The van der Waals surface area contributed by atoms with Crippen molar-refractivity contribution in [1.29, 1.82) is 0 Å². The van der Waals surface area contributed by atoms with Crippen molar-refractivity contribution in [3.63, 3.8) is 0 Å². The van der Waals surface area contributed by atoms with Crippen LogP contribution in [-0.4, -0.2) is 45.8 Å². The zero-order valence-electron chi connectivity index (χ0n) is 7.94. The van der Waals surface area contributed by atoms with Gasteiger partial charge in [0.15, 0.2) is 0 Å². The highest BCUT2D eigenvalue weighted by Crippen LogP contribution is 1.86. The fourth-order valence-electron chi connectivity index (χ4n) is 0.0577. The summed E-state index contributed by atoms with van der Waals surface area (Å²) in [5.74, 6) is 0.0463. The van der Waals surface area contributed by atoms with Gasteiger partial charge in [-0.05, 0) is 13.8 Å². The molecule has 0 aromatic carbocycles. The minimum absolute atomic E-state index is 0.0463. The Morgan fingerprint density at radius 2 is 1.08 bits per heavy atom. The highest BCUT2D eigenvalue weighted by Gasteiger charge is 1.99. The summed E-state index contributed by atoms with van der Waals surface area (Å²) in [7, 11) is 0. The van der Waals surface area contributed by atoms with Crippen LogP contribution in [0, 0.1) is 5.92 Å². The molecule has 76 valence electrons. The Hall–Kier alpha value is -0.160. The lowest BCUT2D eigenvalue weighted by Crippen LogP contribution is -2.17. The van der Waals surface area contributed by atoms with Gasteiger partial charge in [-0.25, -0.2) is 0 Å². The Kier molecular flexibility index (Phi) is 10.7. The molecular formula is C8H20O4. The molecule has 0 bridgehead atoms.